The van der Waals surface area contributed by atoms with E-state index in [-0.39, 0.29) is 0 Å². The Kier molecular flexibility index (Phi) is 6.51. The van der Waals surface area contributed by atoms with Crippen molar-refractivity contribution >= 4 is 33.4 Å². The molecule has 1 fully saturated rings. The Morgan fingerprint density at radius 1 is 1.28 bits per heavy atom. The van der Waals surface area contributed by atoms with Crippen LogP contribution in [0.5, 0.6) is 0 Å². The Balaban J connectivity index is 0.000000326. The Bertz CT molecular complexity index is 789. The highest BCUT2D eigenvalue weighted by Crippen LogP contribution is 2.38. The predicted molar refractivity (Wildman–Crippen MR) is 95.9 cm³/mol. The minimum absolute atomic E-state index is 0.631. The lowest BCUT2D eigenvalue weighted by molar-refractivity contribution is -0.159. The first-order valence-electron chi connectivity index (χ1n) is 8.06. The van der Waals surface area contributed by atoms with Crippen LogP contribution in [0.15, 0.2) is 23.6 Å². The smallest absolute Gasteiger partial charge is 0.414 e. The van der Waals surface area contributed by atoms with E-state index in [0.717, 1.165) is 12.1 Å². The average molecular weight is 360 g/mol. The molecule has 1 aromatic heterocycles. The Hall–Kier alpha value is -2.43. The van der Waals surface area contributed by atoms with Crippen molar-refractivity contribution in [2.45, 2.75) is 25.7 Å². The number of benzene rings is 1. The molecule has 0 bridgehead atoms. The van der Waals surface area contributed by atoms with Gasteiger partial charge in [-0.1, -0.05) is 13.0 Å². The number of aliphatic carboxylic acids is 2. The number of piperidine rings is 1. The van der Waals surface area contributed by atoms with E-state index in [4.69, 9.17) is 19.8 Å². The lowest BCUT2D eigenvalue weighted by Crippen LogP contribution is -2.32. The standard InChI is InChI=1S/C16H18N2S.C2H2O4/c1-2-18-8-6-12(7-9-18)14-11-19-15-5-3-4-13(10-17)16(14)15;3-1(4)2(5)6/h3-5,11-12H,2,6-9H2,1H3;(H,3,4)(H,5,6). The van der Waals surface area contributed by atoms with Crippen LogP contribution in [0.1, 0.15) is 36.8 Å². The molecule has 0 amide bonds. The summed E-state index contributed by atoms with van der Waals surface area (Å²) in [6.07, 6.45) is 2.44. The van der Waals surface area contributed by atoms with E-state index < -0.39 is 11.9 Å². The molecule has 0 radical (unpaired) electrons. The molecule has 0 spiro atoms. The Labute approximate surface area is 149 Å². The highest BCUT2D eigenvalue weighted by molar-refractivity contribution is 7.17. The predicted octanol–water partition coefficient (Wildman–Crippen LogP) is 3.13. The van der Waals surface area contributed by atoms with Crippen LogP contribution in [0.2, 0.25) is 0 Å². The average Bonchev–Trinajstić information content (AvgIpc) is 3.06. The number of hydrogen-bond acceptors (Lipinski definition) is 5. The van der Waals surface area contributed by atoms with Crippen molar-refractivity contribution in [2.75, 3.05) is 19.6 Å². The minimum Gasteiger partial charge on any atom is -0.473 e. The third-order valence-corrected chi connectivity index (χ3v) is 5.37. The van der Waals surface area contributed by atoms with Crippen LogP contribution in [0.25, 0.3) is 10.1 Å². The van der Waals surface area contributed by atoms with Crippen molar-refractivity contribution in [3.63, 3.8) is 0 Å². The fourth-order valence-corrected chi connectivity index (χ4v) is 4.13. The van der Waals surface area contributed by atoms with Crippen LogP contribution in [-0.4, -0.2) is 46.7 Å². The van der Waals surface area contributed by atoms with E-state index >= 15 is 0 Å². The third kappa shape index (κ3) is 4.56. The summed E-state index contributed by atoms with van der Waals surface area (Å²) in [5.41, 5.74) is 2.25. The number of likely N-dealkylation sites (tertiary alicyclic amines) is 1. The molecular weight excluding hydrogens is 340 g/mol. The highest BCUT2D eigenvalue weighted by atomic mass is 32.1. The van der Waals surface area contributed by atoms with Crippen molar-refractivity contribution in [1.82, 2.24) is 4.90 Å². The van der Waals surface area contributed by atoms with E-state index in [9.17, 15) is 5.26 Å². The molecule has 1 aliphatic rings. The maximum absolute atomic E-state index is 9.30. The maximum atomic E-state index is 9.30. The lowest BCUT2D eigenvalue weighted by atomic mass is 9.88. The first kappa shape index (κ1) is 18.9. The number of nitrogens with zero attached hydrogens (tertiary/aromatic N) is 2. The summed E-state index contributed by atoms with van der Waals surface area (Å²) in [5, 5.41) is 27.6. The van der Waals surface area contributed by atoms with Gasteiger partial charge in [0.1, 0.15) is 0 Å². The van der Waals surface area contributed by atoms with Crippen molar-refractivity contribution in [3.8, 4) is 6.07 Å². The lowest BCUT2D eigenvalue weighted by Gasteiger charge is -2.31. The SMILES string of the molecule is CCN1CCC(c2csc3cccc(C#N)c23)CC1.O=C(O)C(=O)O. The van der Waals surface area contributed by atoms with Crippen LogP contribution >= 0.6 is 11.3 Å². The fraction of sp³-hybridized carbons (Fsp3) is 0.389. The van der Waals surface area contributed by atoms with Gasteiger partial charge < -0.3 is 15.1 Å². The zero-order valence-electron chi connectivity index (χ0n) is 13.9. The molecule has 2 heterocycles. The number of carbonyl (C=O) groups is 2. The molecule has 7 heteroatoms. The van der Waals surface area contributed by atoms with Crippen LogP contribution in [0, 0.1) is 11.3 Å². The summed E-state index contributed by atoms with van der Waals surface area (Å²) in [5.74, 6) is -3.02. The summed E-state index contributed by atoms with van der Waals surface area (Å²) < 4.78 is 1.26. The molecule has 132 valence electrons. The van der Waals surface area contributed by atoms with Gasteiger partial charge in [-0.25, -0.2) is 9.59 Å². The molecular formula is C18H20N2O4S. The number of rotatable bonds is 2. The Morgan fingerprint density at radius 3 is 2.44 bits per heavy atom. The van der Waals surface area contributed by atoms with Crippen molar-refractivity contribution in [3.05, 3.63) is 34.7 Å². The zero-order valence-corrected chi connectivity index (χ0v) is 14.8. The number of thiophene rings is 1. The van der Waals surface area contributed by atoms with Gasteiger partial charge in [0.25, 0.3) is 0 Å². The first-order valence-corrected chi connectivity index (χ1v) is 8.94. The van der Waals surface area contributed by atoms with Gasteiger partial charge in [0.2, 0.25) is 0 Å². The molecule has 0 unspecified atom stereocenters. The van der Waals surface area contributed by atoms with Crippen molar-refractivity contribution in [1.29, 1.82) is 5.26 Å². The molecule has 2 N–H and O–H groups in total. The first-order chi connectivity index (χ1) is 12.0. The quantitative estimate of drug-likeness (QED) is 0.798. The van der Waals surface area contributed by atoms with Crippen molar-refractivity contribution < 1.29 is 19.8 Å². The largest absolute Gasteiger partial charge is 0.473 e. The van der Waals surface area contributed by atoms with Crippen LogP contribution in [-0.2, 0) is 9.59 Å². The number of carboxylic acid groups (broad SMARTS) is 2. The zero-order chi connectivity index (χ0) is 18.4. The van der Waals surface area contributed by atoms with E-state index in [0.29, 0.717) is 5.92 Å². The number of fused-ring (bicyclic) bond motifs is 1. The van der Waals surface area contributed by atoms with Gasteiger partial charge in [-0.15, -0.1) is 11.3 Å². The minimum atomic E-state index is -1.82. The van der Waals surface area contributed by atoms with Crippen molar-refractivity contribution in [2.24, 2.45) is 0 Å². The summed E-state index contributed by atoms with van der Waals surface area (Å²) in [4.78, 5) is 20.7. The molecule has 1 saturated heterocycles. The second-order valence-electron chi connectivity index (χ2n) is 5.80. The molecule has 2 aromatic rings. The number of carboxylic acids is 2. The van der Waals surface area contributed by atoms with Gasteiger partial charge in [0.15, 0.2) is 0 Å². The molecule has 3 rings (SSSR count). The summed E-state index contributed by atoms with van der Waals surface area (Å²) in [7, 11) is 0. The van der Waals surface area contributed by atoms with E-state index in [2.05, 4.69) is 29.3 Å². The summed E-state index contributed by atoms with van der Waals surface area (Å²) in [6.45, 7) is 5.76. The maximum Gasteiger partial charge on any atom is 0.414 e. The summed E-state index contributed by atoms with van der Waals surface area (Å²) >= 11 is 1.78. The molecule has 1 aromatic carbocycles. The van der Waals surface area contributed by atoms with Gasteiger partial charge in [0.05, 0.1) is 11.6 Å². The molecule has 25 heavy (non-hydrogen) atoms. The Morgan fingerprint density at radius 2 is 1.92 bits per heavy atom. The monoisotopic (exact) mass is 360 g/mol. The molecule has 0 aliphatic carbocycles. The van der Waals surface area contributed by atoms with E-state index in [1.165, 1.54) is 41.6 Å². The fourth-order valence-electron chi connectivity index (χ4n) is 3.07. The van der Waals surface area contributed by atoms with Crippen LogP contribution in [0.4, 0.5) is 0 Å². The highest BCUT2D eigenvalue weighted by Gasteiger charge is 2.23. The summed E-state index contributed by atoms with van der Waals surface area (Å²) in [6, 6.07) is 8.41. The topological polar surface area (TPSA) is 102 Å². The van der Waals surface area contributed by atoms with Crippen LogP contribution < -0.4 is 0 Å². The molecule has 0 atom stereocenters. The number of nitriles is 1. The van der Waals surface area contributed by atoms with E-state index in [1.54, 1.807) is 11.3 Å². The normalized spacial score (nSPS) is 15.2. The van der Waals surface area contributed by atoms with Gasteiger partial charge in [-0.3, -0.25) is 0 Å². The van der Waals surface area contributed by atoms with E-state index in [1.807, 2.05) is 12.1 Å². The second-order valence-corrected chi connectivity index (χ2v) is 6.71. The van der Waals surface area contributed by atoms with Gasteiger partial charge in [0, 0.05) is 10.1 Å². The molecule has 6 nitrogen and oxygen atoms in total. The van der Waals surface area contributed by atoms with Gasteiger partial charge in [-0.2, -0.15) is 5.26 Å². The third-order valence-electron chi connectivity index (χ3n) is 4.41. The van der Waals surface area contributed by atoms with Gasteiger partial charge in [-0.05, 0) is 61.5 Å². The van der Waals surface area contributed by atoms with Crippen LogP contribution in [0.3, 0.4) is 0 Å². The van der Waals surface area contributed by atoms with Gasteiger partial charge >= 0.3 is 11.9 Å². The molecule has 0 saturated carbocycles. The molecule has 1 aliphatic heterocycles. The second kappa shape index (κ2) is 8.60. The number of hydrogen-bond donors (Lipinski definition) is 2.